The number of H-pyrrole nitrogens is 1. The summed E-state index contributed by atoms with van der Waals surface area (Å²) in [6.07, 6.45) is 4.98. The fraction of sp³-hybridized carbons (Fsp3) is 0.421. The van der Waals surface area contributed by atoms with Crippen molar-refractivity contribution in [2.24, 2.45) is 5.92 Å². The molecule has 0 radical (unpaired) electrons. The number of carbonyl (C=O) groups excluding carboxylic acids is 2. The van der Waals surface area contributed by atoms with Gasteiger partial charge >= 0.3 is 5.97 Å². The van der Waals surface area contributed by atoms with Crippen molar-refractivity contribution < 1.29 is 14.3 Å². The molecule has 2 heterocycles. The van der Waals surface area contributed by atoms with E-state index in [0.29, 0.717) is 39.8 Å². The molecule has 0 aliphatic heterocycles. The van der Waals surface area contributed by atoms with Gasteiger partial charge in [-0.2, -0.15) is 0 Å². The summed E-state index contributed by atoms with van der Waals surface area (Å²) in [5.74, 6) is 0.558. The van der Waals surface area contributed by atoms with Crippen LogP contribution >= 0.6 is 12.2 Å². The van der Waals surface area contributed by atoms with Crippen LogP contribution in [0.25, 0.3) is 0 Å². The summed E-state index contributed by atoms with van der Waals surface area (Å²) in [4.78, 5) is 35.2. The molecular formula is C19H23N5O3S. The Morgan fingerprint density at radius 3 is 2.75 bits per heavy atom. The number of pyridine rings is 1. The van der Waals surface area contributed by atoms with Gasteiger partial charge in [0.25, 0.3) is 0 Å². The van der Waals surface area contributed by atoms with Crippen molar-refractivity contribution in [2.75, 3.05) is 17.2 Å². The van der Waals surface area contributed by atoms with Crippen molar-refractivity contribution in [2.45, 2.75) is 39.5 Å². The minimum absolute atomic E-state index is 0.0243. The highest BCUT2D eigenvalue weighted by molar-refractivity contribution is 7.71. The first-order valence-corrected chi connectivity index (χ1v) is 9.69. The van der Waals surface area contributed by atoms with Gasteiger partial charge in [-0.15, -0.1) is 0 Å². The minimum atomic E-state index is -0.421. The van der Waals surface area contributed by atoms with Crippen molar-refractivity contribution in [3.8, 4) is 0 Å². The lowest BCUT2D eigenvalue weighted by molar-refractivity contribution is -0.117. The van der Waals surface area contributed by atoms with Crippen LogP contribution in [0.5, 0.6) is 0 Å². The van der Waals surface area contributed by atoms with Crippen molar-refractivity contribution in [1.82, 2.24) is 15.0 Å². The van der Waals surface area contributed by atoms with Crippen LogP contribution in [0.3, 0.4) is 0 Å². The van der Waals surface area contributed by atoms with Crippen LogP contribution in [0.2, 0.25) is 0 Å². The van der Waals surface area contributed by atoms with E-state index in [1.54, 1.807) is 19.1 Å². The highest BCUT2D eigenvalue weighted by Crippen LogP contribution is 2.30. The van der Waals surface area contributed by atoms with Crippen LogP contribution in [0.4, 0.5) is 17.3 Å². The molecule has 0 atom stereocenters. The Morgan fingerprint density at radius 1 is 1.29 bits per heavy atom. The lowest BCUT2D eigenvalue weighted by atomic mass is 10.2. The summed E-state index contributed by atoms with van der Waals surface area (Å²) in [6.45, 7) is 4.21. The average molecular weight is 401 g/mol. The van der Waals surface area contributed by atoms with E-state index in [0.717, 1.165) is 25.7 Å². The van der Waals surface area contributed by atoms with Gasteiger partial charge in [0.1, 0.15) is 28.3 Å². The number of aromatic nitrogens is 3. The molecule has 0 unspecified atom stereocenters. The number of rotatable bonds is 8. The molecule has 0 spiro atoms. The second-order valence-electron chi connectivity index (χ2n) is 6.74. The molecule has 8 nitrogen and oxygen atoms in total. The molecule has 9 heteroatoms. The van der Waals surface area contributed by atoms with E-state index in [9.17, 15) is 9.59 Å². The van der Waals surface area contributed by atoms with Gasteiger partial charge in [-0.05, 0) is 37.8 Å². The van der Waals surface area contributed by atoms with Gasteiger partial charge in [-0.25, -0.2) is 14.8 Å². The van der Waals surface area contributed by atoms with Gasteiger partial charge < -0.3 is 20.4 Å². The molecule has 1 aliphatic rings. The number of aryl methyl sites for hydroxylation is 1. The fourth-order valence-electron chi connectivity index (χ4n) is 2.53. The zero-order valence-electron chi connectivity index (χ0n) is 15.9. The predicted molar refractivity (Wildman–Crippen MR) is 108 cm³/mol. The molecule has 0 aromatic carbocycles. The number of nitrogens with zero attached hydrogens (tertiary/aromatic N) is 2. The normalized spacial score (nSPS) is 13.1. The molecule has 28 heavy (non-hydrogen) atoms. The first-order valence-electron chi connectivity index (χ1n) is 9.29. The number of aromatic amines is 1. The smallest absolute Gasteiger partial charge is 0.355 e. The fourth-order valence-corrected chi connectivity index (χ4v) is 2.74. The highest BCUT2D eigenvalue weighted by Gasteiger charge is 2.29. The first-order chi connectivity index (χ1) is 13.5. The van der Waals surface area contributed by atoms with Gasteiger partial charge in [-0.1, -0.05) is 25.6 Å². The summed E-state index contributed by atoms with van der Waals surface area (Å²) in [5.41, 5.74) is 1.64. The zero-order chi connectivity index (χ0) is 20.1. The zero-order valence-corrected chi connectivity index (χ0v) is 16.7. The highest BCUT2D eigenvalue weighted by atomic mass is 32.1. The number of amides is 1. The monoisotopic (exact) mass is 401 g/mol. The summed E-state index contributed by atoms with van der Waals surface area (Å²) in [7, 11) is 0. The van der Waals surface area contributed by atoms with Crippen molar-refractivity contribution >= 4 is 41.4 Å². The molecule has 2 aromatic heterocycles. The van der Waals surface area contributed by atoms with Crippen LogP contribution in [0, 0.1) is 17.5 Å². The third-order valence-electron chi connectivity index (χ3n) is 4.30. The van der Waals surface area contributed by atoms with E-state index in [4.69, 9.17) is 17.0 Å². The van der Waals surface area contributed by atoms with E-state index in [1.165, 1.54) is 6.33 Å². The lowest BCUT2D eigenvalue weighted by Gasteiger charge is -2.11. The molecule has 1 fully saturated rings. The maximum atomic E-state index is 12.2. The average Bonchev–Trinajstić information content (AvgIpc) is 3.50. The Kier molecular flexibility index (Phi) is 6.35. The van der Waals surface area contributed by atoms with E-state index < -0.39 is 5.97 Å². The van der Waals surface area contributed by atoms with Gasteiger partial charge in [0.15, 0.2) is 0 Å². The molecule has 0 bridgehead atoms. The molecule has 1 saturated carbocycles. The quantitative estimate of drug-likeness (QED) is 0.350. The molecule has 148 valence electrons. The molecule has 1 aliphatic carbocycles. The van der Waals surface area contributed by atoms with Crippen LogP contribution in [-0.4, -0.2) is 33.4 Å². The number of hydrogen-bond acceptors (Lipinski definition) is 7. The molecule has 2 aromatic rings. The summed E-state index contributed by atoms with van der Waals surface area (Å²) in [6, 6.07) is 3.40. The van der Waals surface area contributed by atoms with Crippen LogP contribution < -0.4 is 10.6 Å². The standard InChI is InChI=1S/C19H23N5O3S/c1-3-4-7-27-19(26)16-11(2)8-13(18(28)24-16)22-14-9-15(21-10-20-14)23-17(25)12-5-6-12/h8-10,12H,3-7H2,1-2H3,(H,24,28)(H2,20,21,22,23,25). The van der Waals surface area contributed by atoms with Gasteiger partial charge in [0, 0.05) is 12.0 Å². The SMILES string of the molecule is CCCCOC(=O)c1[nH]c(=S)c(Nc2cc(NC(=O)C3CC3)ncn2)cc1C. The maximum Gasteiger partial charge on any atom is 0.355 e. The topological polar surface area (TPSA) is 109 Å². The summed E-state index contributed by atoms with van der Waals surface area (Å²) >= 11 is 5.36. The van der Waals surface area contributed by atoms with E-state index in [1.807, 2.05) is 6.92 Å². The molecule has 3 rings (SSSR count). The number of ether oxygens (including phenoxy) is 1. The van der Waals surface area contributed by atoms with E-state index >= 15 is 0 Å². The Bertz CT molecular complexity index is 939. The van der Waals surface area contributed by atoms with Crippen molar-refractivity contribution in [3.05, 3.63) is 34.4 Å². The Labute approximate surface area is 168 Å². The largest absolute Gasteiger partial charge is 0.461 e. The maximum absolute atomic E-state index is 12.2. The van der Waals surface area contributed by atoms with Crippen LogP contribution in [0.15, 0.2) is 18.5 Å². The number of hydrogen-bond donors (Lipinski definition) is 3. The third kappa shape index (κ3) is 5.13. The number of esters is 1. The second kappa shape index (κ2) is 8.92. The second-order valence-corrected chi connectivity index (χ2v) is 7.14. The number of anilines is 3. The van der Waals surface area contributed by atoms with Gasteiger partial charge in [0.2, 0.25) is 5.91 Å². The Morgan fingerprint density at radius 2 is 2.04 bits per heavy atom. The van der Waals surface area contributed by atoms with E-state index in [2.05, 4.69) is 25.6 Å². The first kappa shape index (κ1) is 19.9. The lowest BCUT2D eigenvalue weighted by Crippen LogP contribution is -2.14. The Balaban J connectivity index is 1.72. The number of nitrogens with one attached hydrogen (secondary N) is 3. The molecular weight excluding hydrogens is 378 g/mol. The van der Waals surface area contributed by atoms with Crippen molar-refractivity contribution in [3.63, 3.8) is 0 Å². The number of unbranched alkanes of at least 4 members (excludes halogenated alkanes) is 1. The summed E-state index contributed by atoms with van der Waals surface area (Å²) in [5, 5.41) is 5.88. The van der Waals surface area contributed by atoms with Crippen molar-refractivity contribution in [1.29, 1.82) is 0 Å². The Hall–Kier alpha value is -2.81. The molecule has 1 amide bonds. The minimum Gasteiger partial charge on any atom is -0.461 e. The molecule has 0 saturated heterocycles. The molecule has 3 N–H and O–H groups in total. The number of carbonyl (C=O) groups is 2. The summed E-state index contributed by atoms with van der Waals surface area (Å²) < 4.78 is 5.60. The van der Waals surface area contributed by atoms with E-state index in [-0.39, 0.29) is 11.8 Å². The van der Waals surface area contributed by atoms with Crippen LogP contribution in [-0.2, 0) is 9.53 Å². The third-order valence-corrected chi connectivity index (χ3v) is 4.62. The predicted octanol–water partition coefficient (Wildman–Crippen LogP) is 3.89. The van der Waals surface area contributed by atoms with Crippen LogP contribution in [0.1, 0.15) is 48.7 Å². The van der Waals surface area contributed by atoms with Gasteiger partial charge in [-0.3, -0.25) is 4.79 Å². The van der Waals surface area contributed by atoms with Gasteiger partial charge in [0.05, 0.1) is 12.3 Å².